The fraction of sp³-hybridized carbons (Fsp3) is 0.500. The summed E-state index contributed by atoms with van der Waals surface area (Å²) in [6.07, 6.45) is 4.81. The molecule has 19 heavy (non-hydrogen) atoms. The van der Waals surface area contributed by atoms with Crippen molar-refractivity contribution in [3.63, 3.8) is 0 Å². The molecule has 1 fully saturated rings. The predicted molar refractivity (Wildman–Crippen MR) is 67.9 cm³/mol. The van der Waals surface area contributed by atoms with Crippen LogP contribution in [0, 0.1) is 5.82 Å². The minimum atomic E-state index is -0.667. The average molecular weight is 267 g/mol. The zero-order valence-electron chi connectivity index (χ0n) is 10.9. The summed E-state index contributed by atoms with van der Waals surface area (Å²) in [6, 6.07) is 4.42. The number of hydrogen-bond donors (Lipinski definition) is 1. The Morgan fingerprint density at radius 3 is 2.79 bits per heavy atom. The average Bonchev–Trinajstić information content (AvgIpc) is 2.91. The van der Waals surface area contributed by atoms with Crippen LogP contribution in [0.25, 0.3) is 0 Å². The highest BCUT2D eigenvalue weighted by molar-refractivity contribution is 5.89. The molecule has 0 amide bonds. The van der Waals surface area contributed by atoms with Crippen molar-refractivity contribution in [1.29, 1.82) is 0 Å². The Hall–Kier alpha value is -1.46. The number of methoxy groups -OCH3 is 1. The van der Waals surface area contributed by atoms with Gasteiger partial charge in [0.2, 0.25) is 0 Å². The van der Waals surface area contributed by atoms with Gasteiger partial charge in [-0.1, -0.05) is 18.9 Å². The van der Waals surface area contributed by atoms with Crippen LogP contribution in [-0.4, -0.2) is 19.2 Å². The number of hydroxylamine groups is 1. The van der Waals surface area contributed by atoms with Crippen molar-refractivity contribution in [2.24, 2.45) is 0 Å². The molecule has 0 aromatic heterocycles. The van der Waals surface area contributed by atoms with Gasteiger partial charge >= 0.3 is 5.97 Å². The van der Waals surface area contributed by atoms with E-state index < -0.39 is 11.8 Å². The molecule has 0 heterocycles. The highest BCUT2D eigenvalue weighted by atomic mass is 19.1. The minimum absolute atomic E-state index is 0.0528. The third kappa shape index (κ3) is 3.75. The summed E-state index contributed by atoms with van der Waals surface area (Å²) in [5.41, 5.74) is 3.52. The van der Waals surface area contributed by atoms with Crippen molar-refractivity contribution in [2.75, 3.05) is 7.11 Å². The molecule has 1 saturated carbocycles. The van der Waals surface area contributed by atoms with E-state index in [1.54, 1.807) is 6.07 Å². The molecule has 0 spiro atoms. The zero-order chi connectivity index (χ0) is 13.7. The van der Waals surface area contributed by atoms with Gasteiger partial charge in [-0.15, -0.1) is 0 Å². The second-order valence-electron chi connectivity index (χ2n) is 4.65. The number of carbonyl (C=O) groups is 1. The van der Waals surface area contributed by atoms with E-state index in [1.807, 2.05) is 0 Å². The Morgan fingerprint density at radius 2 is 2.16 bits per heavy atom. The lowest BCUT2D eigenvalue weighted by molar-refractivity contribution is -0.0244. The highest BCUT2D eigenvalue weighted by Crippen LogP contribution is 2.20. The van der Waals surface area contributed by atoms with Crippen LogP contribution in [-0.2, 0) is 16.1 Å². The quantitative estimate of drug-likeness (QED) is 0.658. The molecule has 1 aromatic carbocycles. The molecule has 5 heteroatoms. The number of carbonyl (C=O) groups excluding carboxylic acids is 1. The van der Waals surface area contributed by atoms with Gasteiger partial charge in [-0.25, -0.2) is 9.18 Å². The van der Waals surface area contributed by atoms with Crippen LogP contribution in [0.1, 0.15) is 41.6 Å². The first-order valence-corrected chi connectivity index (χ1v) is 6.46. The largest absolute Gasteiger partial charge is 0.465 e. The summed E-state index contributed by atoms with van der Waals surface area (Å²) in [7, 11) is 1.23. The first-order chi connectivity index (χ1) is 9.20. The van der Waals surface area contributed by atoms with Crippen LogP contribution in [0.2, 0.25) is 0 Å². The van der Waals surface area contributed by atoms with Gasteiger partial charge in [-0.3, -0.25) is 4.84 Å². The first-order valence-electron chi connectivity index (χ1n) is 6.46. The zero-order valence-corrected chi connectivity index (χ0v) is 10.9. The van der Waals surface area contributed by atoms with E-state index in [2.05, 4.69) is 10.2 Å². The molecule has 0 radical (unpaired) electrons. The lowest BCUT2D eigenvalue weighted by Gasteiger charge is -2.12. The minimum Gasteiger partial charge on any atom is -0.465 e. The summed E-state index contributed by atoms with van der Waals surface area (Å²) in [5, 5.41) is 0. The van der Waals surface area contributed by atoms with E-state index in [4.69, 9.17) is 4.84 Å². The third-order valence-corrected chi connectivity index (χ3v) is 3.27. The van der Waals surface area contributed by atoms with Crippen LogP contribution in [0.3, 0.4) is 0 Å². The standard InChI is InChI=1S/C14H18FNO3/c1-18-14(17)12-7-6-10(8-13(12)15)9-16-19-11-4-2-3-5-11/h6-8,11,16H,2-5,9H2,1H3. The van der Waals surface area contributed by atoms with Gasteiger partial charge in [0, 0.05) is 6.54 Å². The van der Waals surface area contributed by atoms with Crippen molar-refractivity contribution in [3.8, 4) is 0 Å². The van der Waals surface area contributed by atoms with Crippen LogP contribution in [0.15, 0.2) is 18.2 Å². The number of nitrogens with one attached hydrogen (secondary N) is 1. The monoisotopic (exact) mass is 267 g/mol. The molecular weight excluding hydrogens is 249 g/mol. The molecule has 2 rings (SSSR count). The number of halogens is 1. The molecule has 1 aliphatic carbocycles. The molecule has 0 saturated heterocycles. The van der Waals surface area contributed by atoms with Crippen molar-refractivity contribution >= 4 is 5.97 Å². The smallest absolute Gasteiger partial charge is 0.340 e. The number of hydrogen-bond acceptors (Lipinski definition) is 4. The van der Waals surface area contributed by atoms with Crippen molar-refractivity contribution < 1.29 is 18.8 Å². The van der Waals surface area contributed by atoms with Crippen LogP contribution < -0.4 is 5.48 Å². The maximum atomic E-state index is 13.6. The second kappa shape index (κ2) is 6.63. The molecule has 0 atom stereocenters. The van der Waals surface area contributed by atoms with E-state index >= 15 is 0 Å². The van der Waals surface area contributed by atoms with Crippen molar-refractivity contribution in [2.45, 2.75) is 38.3 Å². The Bertz CT molecular complexity index is 444. The lowest BCUT2D eigenvalue weighted by atomic mass is 10.1. The molecule has 1 N–H and O–H groups in total. The number of rotatable bonds is 5. The van der Waals surface area contributed by atoms with E-state index in [0.717, 1.165) is 18.4 Å². The van der Waals surface area contributed by atoms with Gasteiger partial charge in [0.05, 0.1) is 18.8 Å². The second-order valence-corrected chi connectivity index (χ2v) is 4.65. The molecule has 104 valence electrons. The van der Waals surface area contributed by atoms with Crippen LogP contribution >= 0.6 is 0 Å². The summed E-state index contributed by atoms with van der Waals surface area (Å²) < 4.78 is 18.1. The van der Waals surface area contributed by atoms with Crippen LogP contribution in [0.5, 0.6) is 0 Å². The molecule has 4 nitrogen and oxygen atoms in total. The van der Waals surface area contributed by atoms with Gasteiger partial charge in [-0.2, -0.15) is 5.48 Å². The van der Waals surface area contributed by atoms with E-state index in [-0.39, 0.29) is 11.7 Å². The van der Waals surface area contributed by atoms with Gasteiger partial charge in [-0.05, 0) is 30.5 Å². The van der Waals surface area contributed by atoms with Crippen molar-refractivity contribution in [1.82, 2.24) is 5.48 Å². The number of ether oxygens (including phenoxy) is 1. The van der Waals surface area contributed by atoms with Gasteiger partial charge < -0.3 is 4.74 Å². The maximum absolute atomic E-state index is 13.6. The van der Waals surface area contributed by atoms with Crippen molar-refractivity contribution in [3.05, 3.63) is 35.1 Å². The Morgan fingerprint density at radius 1 is 1.42 bits per heavy atom. The molecular formula is C14H18FNO3. The number of benzene rings is 1. The number of esters is 1. The van der Waals surface area contributed by atoms with E-state index in [9.17, 15) is 9.18 Å². The summed E-state index contributed by atoms with van der Waals surface area (Å²) in [6.45, 7) is 0.412. The molecule has 1 aromatic rings. The maximum Gasteiger partial charge on any atom is 0.340 e. The lowest BCUT2D eigenvalue weighted by Crippen LogP contribution is -2.21. The molecule has 0 unspecified atom stereocenters. The SMILES string of the molecule is COC(=O)c1ccc(CNOC2CCCC2)cc1F. The molecule has 0 bridgehead atoms. The fourth-order valence-electron chi connectivity index (χ4n) is 2.19. The van der Waals surface area contributed by atoms with Gasteiger partial charge in [0.1, 0.15) is 5.82 Å². The molecule has 1 aliphatic rings. The van der Waals surface area contributed by atoms with E-state index in [1.165, 1.54) is 32.1 Å². The Labute approximate surface area is 111 Å². The van der Waals surface area contributed by atoms with E-state index in [0.29, 0.717) is 6.54 Å². The Kier molecular flexibility index (Phi) is 4.87. The normalized spacial score (nSPS) is 15.7. The summed E-state index contributed by atoms with van der Waals surface area (Å²) in [5.74, 6) is -1.24. The third-order valence-electron chi connectivity index (χ3n) is 3.27. The predicted octanol–water partition coefficient (Wildman–Crippen LogP) is 2.58. The topological polar surface area (TPSA) is 47.6 Å². The molecule has 0 aliphatic heterocycles. The first kappa shape index (κ1) is 14.0. The van der Waals surface area contributed by atoms with Crippen LogP contribution in [0.4, 0.5) is 4.39 Å². The fourth-order valence-corrected chi connectivity index (χ4v) is 2.19. The summed E-state index contributed by atoms with van der Waals surface area (Å²) in [4.78, 5) is 16.7. The summed E-state index contributed by atoms with van der Waals surface area (Å²) >= 11 is 0. The highest BCUT2D eigenvalue weighted by Gasteiger charge is 2.16. The van der Waals surface area contributed by atoms with Gasteiger partial charge in [0.15, 0.2) is 0 Å². The van der Waals surface area contributed by atoms with Gasteiger partial charge in [0.25, 0.3) is 0 Å². The Balaban J connectivity index is 1.87.